The maximum atomic E-state index is 4.25. The lowest BCUT2D eigenvalue weighted by atomic mass is 10.1. The van der Waals surface area contributed by atoms with Crippen LogP contribution in [0.2, 0.25) is 0 Å². The molecule has 2 heterocycles. The smallest absolute Gasteiger partial charge is 0.183 e. The molecule has 6 nitrogen and oxygen atoms in total. The van der Waals surface area contributed by atoms with Crippen molar-refractivity contribution in [3.05, 3.63) is 42.2 Å². The highest BCUT2D eigenvalue weighted by atomic mass is 15.4. The highest BCUT2D eigenvalue weighted by Gasteiger charge is 2.12. The first-order valence-electron chi connectivity index (χ1n) is 6.07. The van der Waals surface area contributed by atoms with E-state index >= 15 is 0 Å². The summed E-state index contributed by atoms with van der Waals surface area (Å²) in [7, 11) is 1.81. The Kier molecular flexibility index (Phi) is 2.83. The molecule has 0 aliphatic carbocycles. The maximum Gasteiger partial charge on any atom is 0.183 e. The van der Waals surface area contributed by atoms with Crippen LogP contribution in [0.3, 0.4) is 0 Å². The first-order chi connectivity index (χ1) is 9.25. The van der Waals surface area contributed by atoms with Gasteiger partial charge < -0.3 is 5.32 Å². The van der Waals surface area contributed by atoms with E-state index in [1.54, 1.807) is 4.68 Å². The van der Waals surface area contributed by atoms with Gasteiger partial charge in [-0.15, -0.1) is 5.10 Å². The van der Waals surface area contributed by atoms with Crippen molar-refractivity contribution in [2.75, 3.05) is 5.32 Å². The van der Waals surface area contributed by atoms with E-state index in [1.165, 1.54) is 11.9 Å². The summed E-state index contributed by atoms with van der Waals surface area (Å²) in [5.41, 5.74) is 2.60. The van der Waals surface area contributed by atoms with Crippen LogP contribution >= 0.6 is 0 Å². The van der Waals surface area contributed by atoms with Gasteiger partial charge in [0.25, 0.3) is 0 Å². The van der Waals surface area contributed by atoms with E-state index in [4.69, 9.17) is 0 Å². The van der Waals surface area contributed by atoms with Crippen LogP contribution in [-0.4, -0.2) is 25.0 Å². The second kappa shape index (κ2) is 4.64. The van der Waals surface area contributed by atoms with Crippen molar-refractivity contribution in [3.63, 3.8) is 0 Å². The van der Waals surface area contributed by atoms with E-state index < -0.39 is 0 Å². The van der Waals surface area contributed by atoms with Crippen molar-refractivity contribution in [1.82, 2.24) is 25.0 Å². The van der Waals surface area contributed by atoms with Crippen molar-refractivity contribution < 1.29 is 0 Å². The highest BCUT2D eigenvalue weighted by molar-refractivity contribution is 5.81. The average Bonchev–Trinajstić information content (AvgIpc) is 2.83. The van der Waals surface area contributed by atoms with Gasteiger partial charge in [-0.25, -0.2) is 14.6 Å². The van der Waals surface area contributed by atoms with Crippen molar-refractivity contribution in [2.45, 2.75) is 13.0 Å². The molecule has 0 bridgehead atoms. The third-order valence-electron chi connectivity index (χ3n) is 3.04. The molecule has 0 fully saturated rings. The van der Waals surface area contributed by atoms with Gasteiger partial charge in [-0.2, -0.15) is 0 Å². The van der Waals surface area contributed by atoms with Gasteiger partial charge in [0.15, 0.2) is 17.0 Å². The molecule has 6 heteroatoms. The standard InChI is InChI=1S/C13H14N6/c1-9(10-6-4-3-5-7-10)16-12-11-13(15-8-14-12)19(2)18-17-11/h3-9H,1-2H3,(H,14,15,16)/t9-/m0/s1. The first kappa shape index (κ1) is 11.6. The molecular weight excluding hydrogens is 240 g/mol. The van der Waals surface area contributed by atoms with Crippen LogP contribution in [0.1, 0.15) is 18.5 Å². The third-order valence-corrected chi connectivity index (χ3v) is 3.04. The van der Waals surface area contributed by atoms with Crippen LogP contribution in [0.15, 0.2) is 36.7 Å². The molecule has 0 saturated heterocycles. The lowest BCUT2D eigenvalue weighted by Gasteiger charge is -2.14. The summed E-state index contributed by atoms with van der Waals surface area (Å²) < 4.78 is 1.63. The number of benzene rings is 1. The molecule has 96 valence electrons. The van der Waals surface area contributed by atoms with Gasteiger partial charge in [0.05, 0.1) is 6.04 Å². The zero-order valence-corrected chi connectivity index (χ0v) is 10.8. The minimum Gasteiger partial charge on any atom is -0.362 e. The molecule has 19 heavy (non-hydrogen) atoms. The number of aromatic nitrogens is 5. The Bertz CT molecular complexity index is 691. The summed E-state index contributed by atoms with van der Waals surface area (Å²) in [6, 6.07) is 10.3. The lowest BCUT2D eigenvalue weighted by molar-refractivity contribution is 0.729. The van der Waals surface area contributed by atoms with Crippen molar-refractivity contribution >= 4 is 17.0 Å². The fourth-order valence-electron chi connectivity index (χ4n) is 1.99. The second-order valence-electron chi connectivity index (χ2n) is 4.38. The molecule has 1 N–H and O–H groups in total. The minimum absolute atomic E-state index is 0.140. The fraction of sp³-hybridized carbons (Fsp3) is 0.231. The Morgan fingerprint density at radius 1 is 1.16 bits per heavy atom. The van der Waals surface area contributed by atoms with Gasteiger partial charge in [0, 0.05) is 7.05 Å². The highest BCUT2D eigenvalue weighted by Crippen LogP contribution is 2.21. The molecule has 0 unspecified atom stereocenters. The zero-order valence-electron chi connectivity index (χ0n) is 10.8. The van der Waals surface area contributed by atoms with E-state index in [2.05, 4.69) is 44.7 Å². The number of hydrogen-bond acceptors (Lipinski definition) is 5. The monoisotopic (exact) mass is 254 g/mol. The Morgan fingerprint density at radius 2 is 1.95 bits per heavy atom. The van der Waals surface area contributed by atoms with E-state index in [0.29, 0.717) is 11.3 Å². The van der Waals surface area contributed by atoms with Crippen LogP contribution < -0.4 is 5.32 Å². The molecule has 0 radical (unpaired) electrons. The van der Waals surface area contributed by atoms with Crippen LogP contribution in [0.25, 0.3) is 11.2 Å². The number of aryl methyl sites for hydroxylation is 1. The molecule has 3 rings (SSSR count). The molecule has 0 aliphatic rings. The van der Waals surface area contributed by atoms with Crippen LogP contribution in [0.4, 0.5) is 5.82 Å². The van der Waals surface area contributed by atoms with E-state index in [9.17, 15) is 0 Å². The second-order valence-corrected chi connectivity index (χ2v) is 4.38. The van der Waals surface area contributed by atoms with Gasteiger partial charge in [0.2, 0.25) is 0 Å². The summed E-state index contributed by atoms with van der Waals surface area (Å²) in [5, 5.41) is 11.4. The van der Waals surface area contributed by atoms with Crippen molar-refractivity contribution in [1.29, 1.82) is 0 Å². The zero-order chi connectivity index (χ0) is 13.2. The van der Waals surface area contributed by atoms with Gasteiger partial charge in [0.1, 0.15) is 6.33 Å². The molecule has 0 aliphatic heterocycles. The Labute approximate surface area is 110 Å². The van der Waals surface area contributed by atoms with E-state index in [0.717, 1.165) is 5.65 Å². The molecule has 0 spiro atoms. The number of rotatable bonds is 3. The molecular formula is C13H14N6. The SMILES string of the molecule is C[C@H](Nc1ncnc2c1nnn2C)c1ccccc1. The van der Waals surface area contributed by atoms with Crippen LogP contribution in [-0.2, 0) is 7.05 Å². The quantitative estimate of drug-likeness (QED) is 0.773. The fourth-order valence-corrected chi connectivity index (χ4v) is 1.99. The molecule has 3 aromatic rings. The number of hydrogen-bond donors (Lipinski definition) is 1. The molecule has 2 aromatic heterocycles. The first-order valence-corrected chi connectivity index (χ1v) is 6.07. The summed E-state index contributed by atoms with van der Waals surface area (Å²) in [6.45, 7) is 2.08. The third kappa shape index (κ3) is 2.12. The van der Waals surface area contributed by atoms with Crippen molar-refractivity contribution in [2.24, 2.45) is 7.05 Å². The number of nitrogens with one attached hydrogen (secondary N) is 1. The molecule has 0 saturated carbocycles. The van der Waals surface area contributed by atoms with Crippen LogP contribution in [0.5, 0.6) is 0 Å². The van der Waals surface area contributed by atoms with Crippen LogP contribution in [0, 0.1) is 0 Å². The Hall–Kier alpha value is -2.50. The van der Waals surface area contributed by atoms with Gasteiger partial charge >= 0.3 is 0 Å². The van der Waals surface area contributed by atoms with Crippen molar-refractivity contribution in [3.8, 4) is 0 Å². The minimum atomic E-state index is 0.140. The van der Waals surface area contributed by atoms with E-state index in [1.807, 2.05) is 25.2 Å². The summed E-state index contributed by atoms with van der Waals surface area (Å²) in [4.78, 5) is 8.42. The Morgan fingerprint density at radius 3 is 2.74 bits per heavy atom. The predicted molar refractivity (Wildman–Crippen MR) is 72.6 cm³/mol. The van der Waals surface area contributed by atoms with Gasteiger partial charge in [-0.3, -0.25) is 0 Å². The Balaban J connectivity index is 1.93. The largest absolute Gasteiger partial charge is 0.362 e. The predicted octanol–water partition coefficient (Wildman–Crippen LogP) is 1.93. The number of fused-ring (bicyclic) bond motifs is 1. The summed E-state index contributed by atoms with van der Waals surface area (Å²) in [5.74, 6) is 0.703. The number of nitrogens with zero attached hydrogens (tertiary/aromatic N) is 5. The molecule has 0 amide bonds. The van der Waals surface area contributed by atoms with E-state index in [-0.39, 0.29) is 6.04 Å². The maximum absolute atomic E-state index is 4.25. The topological polar surface area (TPSA) is 68.5 Å². The lowest BCUT2D eigenvalue weighted by Crippen LogP contribution is -2.08. The van der Waals surface area contributed by atoms with Gasteiger partial charge in [-0.05, 0) is 12.5 Å². The van der Waals surface area contributed by atoms with Gasteiger partial charge in [-0.1, -0.05) is 35.5 Å². The normalized spacial score (nSPS) is 12.5. The number of anilines is 1. The molecule has 1 aromatic carbocycles. The molecule has 1 atom stereocenters. The summed E-state index contributed by atoms with van der Waals surface area (Å²) >= 11 is 0. The summed E-state index contributed by atoms with van der Waals surface area (Å²) in [6.07, 6.45) is 1.52. The average molecular weight is 254 g/mol.